The summed E-state index contributed by atoms with van der Waals surface area (Å²) in [5.74, 6) is 0.0215. The van der Waals surface area contributed by atoms with E-state index in [9.17, 15) is 4.39 Å². The molecule has 1 fully saturated rings. The normalized spacial score (nSPS) is 16.9. The summed E-state index contributed by atoms with van der Waals surface area (Å²) in [5.41, 5.74) is 12.1. The molecule has 7 heteroatoms. The van der Waals surface area contributed by atoms with Gasteiger partial charge in [-0.3, -0.25) is 0 Å². The first-order valence-corrected chi connectivity index (χ1v) is 6.33. The molecule has 1 aromatic carbocycles. The van der Waals surface area contributed by atoms with Crippen LogP contribution in [0, 0.1) is 5.82 Å². The van der Waals surface area contributed by atoms with Gasteiger partial charge >= 0.3 is 0 Å². The Kier molecular flexibility index (Phi) is 6.24. The minimum absolute atomic E-state index is 0. The second kappa shape index (κ2) is 7.69. The summed E-state index contributed by atoms with van der Waals surface area (Å²) in [5, 5.41) is 2.83. The average Bonchev–Trinajstić information content (AvgIpc) is 2.84. The molecule has 1 aromatic rings. The fraction of sp³-hybridized carbons (Fsp3) is 0.385. The molecular formula is C13H19ClFN5. The van der Waals surface area contributed by atoms with Crippen LogP contribution in [0.2, 0.25) is 0 Å². The Hall–Kier alpha value is -1.82. The Balaban J connectivity index is 0.00000200. The van der Waals surface area contributed by atoms with Crippen LogP contribution in [-0.4, -0.2) is 18.0 Å². The smallest absolute Gasteiger partial charge is 0.218 e. The maximum absolute atomic E-state index is 12.7. The van der Waals surface area contributed by atoms with Gasteiger partial charge in [-0.15, -0.1) is 12.4 Å². The highest BCUT2D eigenvalue weighted by molar-refractivity contribution is 6.00. The van der Waals surface area contributed by atoms with Crippen molar-refractivity contribution < 1.29 is 4.39 Å². The summed E-state index contributed by atoms with van der Waals surface area (Å²) in [4.78, 5) is 8.27. The van der Waals surface area contributed by atoms with E-state index >= 15 is 0 Å². The van der Waals surface area contributed by atoms with Gasteiger partial charge in [-0.2, -0.15) is 4.99 Å². The molecule has 0 radical (unpaired) electrons. The van der Waals surface area contributed by atoms with Crippen molar-refractivity contribution in [1.29, 1.82) is 0 Å². The number of hydrogen-bond acceptors (Lipinski definition) is 1. The lowest BCUT2D eigenvalue weighted by atomic mass is 10.3. The molecule has 2 rings (SSSR count). The van der Waals surface area contributed by atoms with E-state index in [4.69, 9.17) is 11.5 Å². The minimum atomic E-state index is -0.302. The van der Waals surface area contributed by atoms with Crippen LogP contribution in [-0.2, 0) is 0 Å². The van der Waals surface area contributed by atoms with Gasteiger partial charge in [0.05, 0.1) is 6.04 Å². The van der Waals surface area contributed by atoms with Crippen molar-refractivity contribution in [3.8, 4) is 0 Å². The second-order valence-corrected chi connectivity index (χ2v) is 4.55. The first kappa shape index (κ1) is 16.2. The summed E-state index contributed by atoms with van der Waals surface area (Å²) < 4.78 is 12.7. The predicted molar refractivity (Wildman–Crippen MR) is 82.8 cm³/mol. The third-order valence-electron chi connectivity index (χ3n) is 2.99. The monoisotopic (exact) mass is 299 g/mol. The zero-order valence-corrected chi connectivity index (χ0v) is 11.9. The number of benzene rings is 1. The SMILES string of the molecule is Cl.NC(=NC1CCCC1)N=C(N)Nc1ccc(F)cc1. The van der Waals surface area contributed by atoms with Gasteiger partial charge in [0.2, 0.25) is 11.9 Å². The van der Waals surface area contributed by atoms with Gasteiger partial charge in [0.1, 0.15) is 5.82 Å². The van der Waals surface area contributed by atoms with Gasteiger partial charge in [0, 0.05) is 5.69 Å². The predicted octanol–water partition coefficient (Wildman–Crippen LogP) is 2.23. The average molecular weight is 300 g/mol. The first-order chi connectivity index (χ1) is 9.13. The van der Waals surface area contributed by atoms with E-state index in [0.29, 0.717) is 5.69 Å². The number of guanidine groups is 2. The highest BCUT2D eigenvalue weighted by Crippen LogP contribution is 2.20. The number of nitrogens with zero attached hydrogens (tertiary/aromatic N) is 2. The molecular weight excluding hydrogens is 281 g/mol. The molecule has 0 atom stereocenters. The summed E-state index contributed by atoms with van der Waals surface area (Å²) in [7, 11) is 0. The fourth-order valence-electron chi connectivity index (χ4n) is 2.08. The van der Waals surface area contributed by atoms with Gasteiger partial charge in [0.25, 0.3) is 0 Å². The Morgan fingerprint density at radius 3 is 2.35 bits per heavy atom. The summed E-state index contributed by atoms with van der Waals surface area (Å²) >= 11 is 0. The van der Waals surface area contributed by atoms with E-state index in [1.165, 1.54) is 25.0 Å². The molecule has 5 nitrogen and oxygen atoms in total. The number of rotatable bonds is 2. The third kappa shape index (κ3) is 5.05. The Morgan fingerprint density at radius 1 is 1.15 bits per heavy atom. The topological polar surface area (TPSA) is 88.8 Å². The third-order valence-corrected chi connectivity index (χ3v) is 2.99. The van der Waals surface area contributed by atoms with E-state index in [-0.39, 0.29) is 36.2 Å². The van der Waals surface area contributed by atoms with E-state index in [2.05, 4.69) is 15.3 Å². The van der Waals surface area contributed by atoms with Crippen LogP contribution in [0.3, 0.4) is 0 Å². The molecule has 0 spiro atoms. The van der Waals surface area contributed by atoms with Crippen molar-refractivity contribution in [2.75, 3.05) is 5.32 Å². The minimum Gasteiger partial charge on any atom is -0.369 e. The van der Waals surface area contributed by atoms with Gasteiger partial charge in [-0.25, -0.2) is 9.38 Å². The Morgan fingerprint density at radius 2 is 1.75 bits per heavy atom. The molecule has 5 N–H and O–H groups in total. The molecule has 20 heavy (non-hydrogen) atoms. The fourth-order valence-corrected chi connectivity index (χ4v) is 2.08. The highest BCUT2D eigenvalue weighted by Gasteiger charge is 2.13. The Labute approximate surface area is 123 Å². The summed E-state index contributed by atoms with van der Waals surface area (Å²) in [6.07, 6.45) is 4.49. The van der Waals surface area contributed by atoms with Crippen molar-refractivity contribution in [3.63, 3.8) is 0 Å². The number of nitrogens with two attached hydrogens (primary N) is 2. The number of hydrogen-bond donors (Lipinski definition) is 3. The second-order valence-electron chi connectivity index (χ2n) is 4.55. The van der Waals surface area contributed by atoms with E-state index in [0.717, 1.165) is 12.8 Å². The number of anilines is 1. The van der Waals surface area contributed by atoms with Crippen molar-refractivity contribution in [3.05, 3.63) is 30.1 Å². The van der Waals surface area contributed by atoms with E-state index < -0.39 is 0 Å². The van der Waals surface area contributed by atoms with Crippen molar-refractivity contribution >= 4 is 30.0 Å². The maximum Gasteiger partial charge on any atom is 0.218 e. The molecule has 1 saturated carbocycles. The first-order valence-electron chi connectivity index (χ1n) is 6.33. The molecule has 0 aromatic heterocycles. The molecule has 110 valence electrons. The van der Waals surface area contributed by atoms with Crippen LogP contribution in [0.5, 0.6) is 0 Å². The molecule has 1 aliphatic carbocycles. The molecule has 0 bridgehead atoms. The van der Waals surface area contributed by atoms with Crippen molar-refractivity contribution in [1.82, 2.24) is 0 Å². The van der Waals surface area contributed by atoms with Gasteiger partial charge in [-0.1, -0.05) is 12.8 Å². The molecule has 0 unspecified atom stereocenters. The molecule has 1 aliphatic rings. The zero-order valence-electron chi connectivity index (χ0n) is 11.1. The van der Waals surface area contributed by atoms with Crippen LogP contribution in [0.25, 0.3) is 0 Å². The lowest BCUT2D eigenvalue weighted by molar-refractivity contribution is 0.628. The van der Waals surface area contributed by atoms with Crippen LogP contribution in [0.15, 0.2) is 34.3 Å². The molecule has 0 heterocycles. The Bertz CT molecular complexity index is 480. The molecule has 0 aliphatic heterocycles. The van der Waals surface area contributed by atoms with Crippen LogP contribution >= 0.6 is 12.4 Å². The largest absolute Gasteiger partial charge is 0.369 e. The quantitative estimate of drug-likeness (QED) is 0.578. The van der Waals surface area contributed by atoms with Crippen LogP contribution in [0.4, 0.5) is 10.1 Å². The van der Waals surface area contributed by atoms with Gasteiger partial charge < -0.3 is 16.8 Å². The van der Waals surface area contributed by atoms with Gasteiger partial charge in [-0.05, 0) is 37.1 Å². The standard InChI is InChI=1S/C13H18FN5.ClH/c14-9-5-7-11(8-6-9)18-13(16)19-12(15)17-10-3-1-2-4-10;/h5-8,10H,1-4H2,(H5,15,16,17,18,19);1H. The summed E-state index contributed by atoms with van der Waals surface area (Å²) in [6.45, 7) is 0. The van der Waals surface area contributed by atoms with Crippen LogP contribution < -0.4 is 16.8 Å². The maximum atomic E-state index is 12.7. The zero-order chi connectivity index (χ0) is 13.7. The number of halogens is 2. The van der Waals surface area contributed by atoms with Crippen LogP contribution in [0.1, 0.15) is 25.7 Å². The summed E-state index contributed by atoms with van der Waals surface area (Å²) in [6, 6.07) is 6.09. The molecule has 0 saturated heterocycles. The molecule has 0 amide bonds. The lowest BCUT2D eigenvalue weighted by Gasteiger charge is -2.06. The van der Waals surface area contributed by atoms with E-state index in [1.54, 1.807) is 12.1 Å². The van der Waals surface area contributed by atoms with Crippen molar-refractivity contribution in [2.45, 2.75) is 31.7 Å². The van der Waals surface area contributed by atoms with E-state index in [1.807, 2.05) is 0 Å². The van der Waals surface area contributed by atoms with Crippen molar-refractivity contribution in [2.24, 2.45) is 21.5 Å². The highest BCUT2D eigenvalue weighted by atomic mass is 35.5. The number of nitrogens with one attached hydrogen (secondary N) is 1. The lowest BCUT2D eigenvalue weighted by Crippen LogP contribution is -2.26. The van der Waals surface area contributed by atoms with Gasteiger partial charge in [0.15, 0.2) is 0 Å². The number of aliphatic imine (C=N–C) groups is 2.